The van der Waals surface area contributed by atoms with Gasteiger partial charge in [-0.15, -0.1) is 0 Å². The summed E-state index contributed by atoms with van der Waals surface area (Å²) >= 11 is 0. The summed E-state index contributed by atoms with van der Waals surface area (Å²) in [6.45, 7) is 13.7. The van der Waals surface area contributed by atoms with E-state index in [0.29, 0.717) is 0 Å². The number of para-hydroxylation sites is 6. The quantitative estimate of drug-likeness (QED) is 0.151. The highest BCUT2D eigenvalue weighted by Gasteiger charge is 2.51. The van der Waals surface area contributed by atoms with Gasteiger partial charge in [0.25, 0.3) is 0 Å². The number of fused-ring (bicyclic) bond motifs is 17. The molecule has 0 saturated heterocycles. The zero-order valence-corrected chi connectivity index (χ0v) is 49.7. The first kappa shape index (κ1) is 51.4. The van der Waals surface area contributed by atoms with Gasteiger partial charge in [-0.1, -0.05) is 230 Å². The van der Waals surface area contributed by atoms with Crippen LogP contribution in [0.25, 0.3) is 71.7 Å². The first-order valence-corrected chi connectivity index (χ1v) is 30.7. The third-order valence-corrected chi connectivity index (χ3v) is 19.0. The first-order valence-electron chi connectivity index (χ1n) is 30.7. The second-order valence-electron chi connectivity index (χ2n) is 26.1. The van der Waals surface area contributed by atoms with Gasteiger partial charge in [0.15, 0.2) is 11.3 Å². The fraction of sp³-hybridized carbons (Fsp3) is 0.160. The van der Waals surface area contributed by atoms with Gasteiger partial charge in [0.05, 0.1) is 33.6 Å². The lowest BCUT2D eigenvalue weighted by molar-refractivity contribution is 0.224. The molecule has 0 N–H and O–H groups in total. The summed E-state index contributed by atoms with van der Waals surface area (Å²) in [7, 11) is 0. The maximum absolute atomic E-state index is 7.65. The molecule has 2 unspecified atom stereocenters. The summed E-state index contributed by atoms with van der Waals surface area (Å²) < 4.78 is 30.0. The third kappa shape index (κ3) is 7.46. The van der Waals surface area contributed by atoms with Gasteiger partial charge in [0.1, 0.15) is 34.2 Å². The van der Waals surface area contributed by atoms with Crippen molar-refractivity contribution in [3.8, 4) is 16.9 Å². The molecule has 3 aliphatic carbocycles. The molecule has 13 aromatic rings. The standard InChI is InChI=1S/C81H64N2O4/c1-79(2,3)59-41-23-37-53-55-39-25-43-63(75(55)86-73(53)59)82(51-31-15-9-16-32-51)65-47-62-72(78-69(65)57-35-19-21-45-67(57)85-78)71-61(81(62,49-27-11-7-12-28-49)50-29-13-8-14-30-50)48-66(77-70(71)58-36-20-22-46-68(58)84-77)83(52-33-17-10-18-34-52)64-44-26-40-56-54-38-24-42-60(80(4,5)6)74(54)87-76(56)64/h7-24,26-38,40-48,54,74H,25,39H2,1-6H3. The molecule has 0 radical (unpaired) electrons. The lowest BCUT2D eigenvalue weighted by atomic mass is 9.67. The molecule has 6 heteroatoms. The predicted octanol–water partition coefficient (Wildman–Crippen LogP) is 21.9. The van der Waals surface area contributed by atoms with Crippen molar-refractivity contribution in [1.29, 1.82) is 0 Å². The summed E-state index contributed by atoms with van der Waals surface area (Å²) in [6, 6.07) is 79.4. The molecule has 3 aromatic heterocycles. The van der Waals surface area contributed by atoms with Crippen LogP contribution in [0.3, 0.4) is 0 Å². The minimum absolute atomic E-state index is 0.0565. The van der Waals surface area contributed by atoms with Gasteiger partial charge in [0, 0.05) is 66.7 Å². The molecule has 0 amide bonds. The minimum atomic E-state index is -0.949. The monoisotopic (exact) mass is 1130 g/mol. The van der Waals surface area contributed by atoms with Crippen molar-refractivity contribution in [3.05, 3.63) is 293 Å². The molecule has 1 aliphatic heterocycles. The van der Waals surface area contributed by atoms with E-state index in [0.717, 1.165) is 141 Å². The lowest BCUT2D eigenvalue weighted by Crippen LogP contribution is -2.30. The van der Waals surface area contributed by atoms with Crippen molar-refractivity contribution >= 4 is 89.0 Å². The first-order chi connectivity index (χ1) is 42.5. The molecule has 422 valence electrons. The molecule has 0 bridgehead atoms. The summed E-state index contributed by atoms with van der Waals surface area (Å²) in [4.78, 5) is 4.87. The highest BCUT2D eigenvalue weighted by molar-refractivity contribution is 6.26. The van der Waals surface area contributed by atoms with Gasteiger partial charge < -0.3 is 27.8 Å². The Bertz CT molecular complexity index is 5010. The minimum Gasteiger partial charge on any atom is -0.483 e. The Morgan fingerprint density at radius 3 is 1.72 bits per heavy atom. The predicted molar refractivity (Wildman–Crippen MR) is 357 cm³/mol. The van der Waals surface area contributed by atoms with Crippen LogP contribution in [0.1, 0.15) is 98.6 Å². The Morgan fingerprint density at radius 2 is 1.06 bits per heavy atom. The molecular weight excluding hydrogens is 1060 g/mol. The number of nitrogens with zero attached hydrogens (tertiary/aromatic N) is 2. The molecule has 0 fully saturated rings. The lowest BCUT2D eigenvalue weighted by Gasteiger charge is -2.36. The van der Waals surface area contributed by atoms with Gasteiger partial charge >= 0.3 is 0 Å². The van der Waals surface area contributed by atoms with Crippen LogP contribution in [0.5, 0.6) is 5.75 Å². The number of allylic oxidation sites excluding steroid dienone is 3. The molecule has 4 heterocycles. The number of furan rings is 3. The smallest absolute Gasteiger partial charge is 0.160 e. The number of ether oxygens (including phenoxy) is 1. The highest BCUT2D eigenvalue weighted by atomic mass is 16.5. The van der Waals surface area contributed by atoms with Crippen LogP contribution in [0.4, 0.5) is 28.4 Å². The van der Waals surface area contributed by atoms with E-state index >= 15 is 0 Å². The second kappa shape index (κ2) is 19.0. The zero-order chi connectivity index (χ0) is 58.5. The summed E-state index contributed by atoms with van der Waals surface area (Å²) in [5.74, 6) is 1.83. The van der Waals surface area contributed by atoms with Crippen molar-refractivity contribution in [2.75, 3.05) is 9.80 Å². The molecule has 87 heavy (non-hydrogen) atoms. The highest BCUT2D eigenvalue weighted by Crippen LogP contribution is 2.65. The van der Waals surface area contributed by atoms with Gasteiger partial charge in [-0.3, -0.25) is 0 Å². The van der Waals surface area contributed by atoms with E-state index in [1.165, 1.54) is 27.6 Å². The zero-order valence-electron chi connectivity index (χ0n) is 49.7. The molecule has 17 rings (SSSR count). The SMILES string of the molecule is CC(C)(C)C1=CC=CC2c3cccc(N(c4ccccc4)c4cc5c(c6c4oc4ccccc46)-c4c(cc(N(C6=CCCc7c6oc6c(C(C)(C)C)cccc76)c6ccccc6)c6c4oc4ccccc46)C5(c4ccccc4)c4ccccc4)c3OC12. The van der Waals surface area contributed by atoms with Crippen LogP contribution in [0, 0.1) is 5.41 Å². The Balaban J connectivity index is 1.02. The van der Waals surface area contributed by atoms with Crippen LogP contribution < -0.4 is 14.5 Å². The number of anilines is 5. The number of hydrogen-bond acceptors (Lipinski definition) is 6. The van der Waals surface area contributed by atoms with Crippen LogP contribution in [0.15, 0.2) is 262 Å². The van der Waals surface area contributed by atoms with E-state index in [-0.39, 0.29) is 22.9 Å². The maximum atomic E-state index is 7.65. The summed E-state index contributed by atoms with van der Waals surface area (Å²) in [5, 5.41) is 5.26. The van der Waals surface area contributed by atoms with Gasteiger partial charge in [0.2, 0.25) is 0 Å². The van der Waals surface area contributed by atoms with Crippen LogP contribution in [0.2, 0.25) is 0 Å². The Labute approximate surface area is 506 Å². The summed E-state index contributed by atoms with van der Waals surface area (Å²) in [5.41, 5.74) is 20.2. The Hall–Kier alpha value is -10.0. The molecule has 2 atom stereocenters. The fourth-order valence-corrected chi connectivity index (χ4v) is 15.3. The number of hydrogen-bond donors (Lipinski definition) is 0. The van der Waals surface area contributed by atoms with Crippen LogP contribution in [-0.2, 0) is 17.3 Å². The van der Waals surface area contributed by atoms with Gasteiger partial charge in [-0.2, -0.15) is 0 Å². The van der Waals surface area contributed by atoms with Crippen molar-refractivity contribution in [2.24, 2.45) is 5.41 Å². The molecule has 0 spiro atoms. The van der Waals surface area contributed by atoms with E-state index in [9.17, 15) is 0 Å². The Morgan fingerprint density at radius 1 is 0.483 bits per heavy atom. The summed E-state index contributed by atoms with van der Waals surface area (Å²) in [6.07, 6.45) is 10.8. The van der Waals surface area contributed by atoms with E-state index in [1.54, 1.807) is 0 Å². The molecule has 0 saturated carbocycles. The van der Waals surface area contributed by atoms with E-state index in [1.807, 2.05) is 0 Å². The average molecular weight is 1130 g/mol. The van der Waals surface area contributed by atoms with E-state index in [4.69, 9.17) is 18.0 Å². The molecule has 10 aromatic carbocycles. The van der Waals surface area contributed by atoms with Crippen molar-refractivity contribution < 1.29 is 18.0 Å². The normalized spacial score (nSPS) is 16.6. The molecular formula is C81H64N2O4. The van der Waals surface area contributed by atoms with Crippen molar-refractivity contribution in [2.45, 2.75) is 77.2 Å². The molecule has 4 aliphatic rings. The number of rotatable bonds is 8. The molecule has 6 nitrogen and oxygen atoms in total. The third-order valence-electron chi connectivity index (χ3n) is 19.0. The Kier molecular flexibility index (Phi) is 11.2. The fourth-order valence-electron chi connectivity index (χ4n) is 15.3. The van der Waals surface area contributed by atoms with E-state index < -0.39 is 5.41 Å². The van der Waals surface area contributed by atoms with Gasteiger partial charge in [-0.05, 0) is 106 Å². The van der Waals surface area contributed by atoms with Crippen molar-refractivity contribution in [1.82, 2.24) is 0 Å². The van der Waals surface area contributed by atoms with Crippen LogP contribution in [-0.4, -0.2) is 6.10 Å². The average Bonchev–Trinajstić information content (AvgIpc) is 1.51. The maximum Gasteiger partial charge on any atom is 0.160 e. The van der Waals surface area contributed by atoms with Gasteiger partial charge in [-0.25, -0.2) is 0 Å². The van der Waals surface area contributed by atoms with Crippen LogP contribution >= 0.6 is 0 Å². The number of aryl methyl sites for hydroxylation is 1. The topological polar surface area (TPSA) is 55.1 Å². The number of benzene rings is 10. The van der Waals surface area contributed by atoms with Crippen molar-refractivity contribution in [3.63, 3.8) is 0 Å². The van der Waals surface area contributed by atoms with E-state index in [2.05, 4.69) is 294 Å². The second-order valence-corrected chi connectivity index (χ2v) is 26.1. The largest absolute Gasteiger partial charge is 0.483 e.